The number of nitrogens with zero attached hydrogens (tertiary/aromatic N) is 4. The Labute approximate surface area is 193 Å². The molecule has 0 saturated heterocycles. The molecule has 1 N–H and O–H groups in total. The predicted octanol–water partition coefficient (Wildman–Crippen LogP) is 4.09. The second-order valence-electron chi connectivity index (χ2n) is 8.29. The topological polar surface area (TPSA) is 83.3 Å². The molecule has 0 amide bonds. The molecular weight excluding hydrogens is 414 g/mol. The molecule has 3 aromatic rings. The van der Waals surface area contributed by atoms with Gasteiger partial charge in [-0.15, -0.1) is 0 Å². The number of anilines is 2. The second-order valence-corrected chi connectivity index (χ2v) is 8.29. The Bertz CT molecular complexity index is 1220. The molecule has 1 unspecified atom stereocenters. The zero-order chi connectivity index (χ0) is 22.6. The first-order valence-electron chi connectivity index (χ1n) is 11.0. The molecule has 33 heavy (non-hydrogen) atoms. The van der Waals surface area contributed by atoms with Crippen LogP contribution < -0.4 is 10.2 Å². The molecule has 0 fully saturated rings. The lowest BCUT2D eigenvalue weighted by molar-refractivity contribution is 0.0764. The maximum atomic E-state index is 9.66. The molecule has 1 aromatic heterocycles. The van der Waals surface area contributed by atoms with Gasteiger partial charge >= 0.3 is 0 Å². The van der Waals surface area contributed by atoms with Crippen molar-refractivity contribution in [2.75, 3.05) is 23.6 Å². The zero-order valence-corrected chi connectivity index (χ0v) is 18.5. The van der Waals surface area contributed by atoms with E-state index in [2.05, 4.69) is 38.4 Å². The minimum atomic E-state index is -0.127. The van der Waals surface area contributed by atoms with Crippen molar-refractivity contribution in [3.8, 4) is 6.07 Å². The summed E-state index contributed by atoms with van der Waals surface area (Å²) in [5, 5.41) is 13.2. The predicted molar refractivity (Wildman–Crippen MR) is 125 cm³/mol. The fourth-order valence-corrected chi connectivity index (χ4v) is 4.36. The summed E-state index contributed by atoms with van der Waals surface area (Å²) in [6.07, 6.45) is 4.81. The van der Waals surface area contributed by atoms with Gasteiger partial charge in [-0.25, -0.2) is 9.97 Å². The highest BCUT2D eigenvalue weighted by Gasteiger charge is 2.26. The number of hydrogen-bond donors (Lipinski definition) is 1. The summed E-state index contributed by atoms with van der Waals surface area (Å²) in [6.45, 7) is 3.66. The molecule has 5 rings (SSSR count). The van der Waals surface area contributed by atoms with E-state index in [0.717, 1.165) is 53.5 Å². The third-order valence-corrected chi connectivity index (χ3v) is 6.05. The summed E-state index contributed by atoms with van der Waals surface area (Å²) in [4.78, 5) is 11.4. The molecule has 3 heterocycles. The lowest BCUT2D eigenvalue weighted by Gasteiger charge is -2.32. The van der Waals surface area contributed by atoms with Crippen molar-refractivity contribution >= 4 is 11.5 Å². The van der Waals surface area contributed by atoms with Crippen LogP contribution in [0.25, 0.3) is 0 Å². The normalized spacial score (nSPS) is 15.5. The molecule has 7 nitrogen and oxygen atoms in total. The molecule has 1 atom stereocenters. The Hall–Kier alpha value is -4.05. The van der Waals surface area contributed by atoms with Gasteiger partial charge in [0.1, 0.15) is 24.5 Å². The first-order chi connectivity index (χ1) is 16.2. The fourth-order valence-electron chi connectivity index (χ4n) is 4.36. The minimum absolute atomic E-state index is 0.127. The number of hydrogen-bond acceptors (Lipinski definition) is 7. The maximum absolute atomic E-state index is 9.66. The first-order valence-corrected chi connectivity index (χ1v) is 11.0. The smallest absolute Gasteiger partial charge is 0.229 e. The molecule has 166 valence electrons. The number of aryl methyl sites for hydroxylation is 1. The molecule has 0 aliphatic carbocycles. The quantitative estimate of drug-likeness (QED) is 0.619. The van der Waals surface area contributed by atoms with Gasteiger partial charge in [0.05, 0.1) is 23.0 Å². The Morgan fingerprint density at radius 2 is 2.06 bits per heavy atom. The lowest BCUT2D eigenvalue weighted by Crippen LogP contribution is -2.34. The third-order valence-electron chi connectivity index (χ3n) is 6.05. The molecule has 0 bridgehead atoms. The van der Waals surface area contributed by atoms with E-state index in [1.54, 1.807) is 12.6 Å². The van der Waals surface area contributed by atoms with Crippen LogP contribution in [0.3, 0.4) is 0 Å². The van der Waals surface area contributed by atoms with E-state index in [1.807, 2.05) is 43.3 Å². The van der Waals surface area contributed by atoms with Gasteiger partial charge in [-0.2, -0.15) is 5.26 Å². The van der Waals surface area contributed by atoms with E-state index in [9.17, 15) is 5.26 Å². The Balaban J connectivity index is 1.44. The van der Waals surface area contributed by atoms with Gasteiger partial charge in [-0.1, -0.05) is 36.4 Å². The zero-order valence-electron chi connectivity index (χ0n) is 18.5. The molecule has 0 spiro atoms. The Morgan fingerprint density at radius 3 is 2.85 bits per heavy atom. The summed E-state index contributed by atoms with van der Waals surface area (Å²) >= 11 is 0. The molecule has 0 saturated carbocycles. The van der Waals surface area contributed by atoms with Crippen LogP contribution in [0.4, 0.5) is 11.5 Å². The van der Waals surface area contributed by atoms with Gasteiger partial charge in [0.15, 0.2) is 5.76 Å². The van der Waals surface area contributed by atoms with Crippen LogP contribution in [0.2, 0.25) is 0 Å². The highest BCUT2D eigenvalue weighted by Crippen LogP contribution is 2.31. The van der Waals surface area contributed by atoms with Crippen molar-refractivity contribution in [2.45, 2.75) is 32.4 Å². The van der Waals surface area contributed by atoms with Crippen molar-refractivity contribution in [2.24, 2.45) is 0 Å². The molecule has 0 radical (unpaired) electrons. The van der Waals surface area contributed by atoms with Crippen LogP contribution in [0.15, 0.2) is 66.9 Å². The lowest BCUT2D eigenvalue weighted by atomic mass is 10.0. The van der Waals surface area contributed by atoms with E-state index >= 15 is 0 Å². The van der Waals surface area contributed by atoms with Crippen LogP contribution in [0.5, 0.6) is 0 Å². The standard InChI is InChI=1S/C26H25N5O2/c1-18-7-8-24(20(11-18)13-27)31-10-9-22-21(14-31)26(29-16-28-22)30-23(25-15-32-17-33-25)12-19-5-3-2-4-6-19/h2-8,11,15-16,23H,9-10,12,14,17H2,1H3,(H,28,29,30). The monoisotopic (exact) mass is 439 g/mol. The molecule has 2 aromatic carbocycles. The summed E-state index contributed by atoms with van der Waals surface area (Å²) in [7, 11) is 0. The summed E-state index contributed by atoms with van der Waals surface area (Å²) in [5.41, 5.74) is 5.98. The van der Waals surface area contributed by atoms with Crippen molar-refractivity contribution in [1.82, 2.24) is 9.97 Å². The number of nitrogens with one attached hydrogen (secondary N) is 1. The molecule has 2 aliphatic rings. The second kappa shape index (κ2) is 9.21. The molecule has 2 aliphatic heterocycles. The van der Waals surface area contributed by atoms with Crippen LogP contribution in [-0.4, -0.2) is 29.3 Å². The number of ether oxygens (including phenoxy) is 2. The van der Waals surface area contributed by atoms with Crippen LogP contribution in [0, 0.1) is 18.3 Å². The maximum Gasteiger partial charge on any atom is 0.229 e. The van der Waals surface area contributed by atoms with Gasteiger partial charge in [0.2, 0.25) is 6.79 Å². The summed E-state index contributed by atoms with van der Waals surface area (Å²) < 4.78 is 11.1. The largest absolute Gasteiger partial charge is 0.462 e. The van der Waals surface area contributed by atoms with E-state index in [4.69, 9.17) is 9.47 Å². The van der Waals surface area contributed by atoms with E-state index in [1.165, 1.54) is 5.56 Å². The fraction of sp³-hybridized carbons (Fsp3) is 0.269. The van der Waals surface area contributed by atoms with E-state index in [-0.39, 0.29) is 12.8 Å². The minimum Gasteiger partial charge on any atom is -0.462 e. The molecule has 7 heteroatoms. The van der Waals surface area contributed by atoms with Crippen molar-refractivity contribution in [1.29, 1.82) is 5.26 Å². The van der Waals surface area contributed by atoms with Gasteiger partial charge in [-0.05, 0) is 36.6 Å². The van der Waals surface area contributed by atoms with Crippen molar-refractivity contribution in [3.05, 3.63) is 94.8 Å². The first kappa shape index (κ1) is 20.8. The van der Waals surface area contributed by atoms with Gasteiger partial charge in [-0.3, -0.25) is 0 Å². The number of fused-ring (bicyclic) bond motifs is 1. The average molecular weight is 440 g/mol. The highest BCUT2D eigenvalue weighted by atomic mass is 16.7. The third kappa shape index (κ3) is 4.46. The summed E-state index contributed by atoms with van der Waals surface area (Å²) in [5.74, 6) is 1.54. The van der Waals surface area contributed by atoms with E-state index in [0.29, 0.717) is 12.1 Å². The van der Waals surface area contributed by atoms with Crippen LogP contribution in [0.1, 0.15) is 27.9 Å². The molecular formula is C26H25N5O2. The van der Waals surface area contributed by atoms with Crippen LogP contribution >= 0.6 is 0 Å². The summed E-state index contributed by atoms with van der Waals surface area (Å²) in [6, 6.07) is 18.5. The average Bonchev–Trinajstić information content (AvgIpc) is 3.39. The van der Waals surface area contributed by atoms with Crippen LogP contribution in [-0.2, 0) is 28.9 Å². The number of benzene rings is 2. The Kier molecular flexibility index (Phi) is 5.81. The number of rotatable bonds is 6. The van der Waals surface area contributed by atoms with Gasteiger partial charge in [0, 0.05) is 25.1 Å². The van der Waals surface area contributed by atoms with Gasteiger partial charge in [0.25, 0.3) is 0 Å². The van der Waals surface area contributed by atoms with Gasteiger partial charge < -0.3 is 19.7 Å². The SMILES string of the molecule is Cc1ccc(N2CCc3ncnc(NC(Cc4ccccc4)C4=COCO4)c3C2)c(C#N)c1. The number of aromatic nitrogens is 2. The van der Waals surface area contributed by atoms with Crippen molar-refractivity contribution in [3.63, 3.8) is 0 Å². The van der Waals surface area contributed by atoms with Crippen molar-refractivity contribution < 1.29 is 9.47 Å². The Morgan fingerprint density at radius 1 is 1.18 bits per heavy atom. The van der Waals surface area contributed by atoms with E-state index < -0.39 is 0 Å². The highest BCUT2D eigenvalue weighted by molar-refractivity contribution is 5.63. The number of nitriles is 1.